The van der Waals surface area contributed by atoms with Crippen molar-refractivity contribution >= 4 is 17.2 Å². The quantitative estimate of drug-likeness (QED) is 0.804. The van der Waals surface area contributed by atoms with Crippen LogP contribution in [-0.2, 0) is 19.1 Å². The van der Waals surface area contributed by atoms with E-state index in [1.54, 1.807) is 12.3 Å². The Morgan fingerprint density at radius 3 is 2.80 bits per heavy atom. The molecule has 0 saturated carbocycles. The molecule has 0 radical (unpaired) electrons. The summed E-state index contributed by atoms with van der Waals surface area (Å²) in [5.41, 5.74) is -0.104. The van der Waals surface area contributed by atoms with Crippen LogP contribution >= 0.6 is 11.3 Å². The molecule has 0 spiro atoms. The molecule has 5 nitrogen and oxygen atoms in total. The van der Waals surface area contributed by atoms with Crippen LogP contribution in [0.3, 0.4) is 0 Å². The molecule has 2 heterocycles. The lowest BCUT2D eigenvalue weighted by Crippen LogP contribution is -2.31. The van der Waals surface area contributed by atoms with Gasteiger partial charge in [0.1, 0.15) is 11.4 Å². The van der Waals surface area contributed by atoms with Gasteiger partial charge in [0.15, 0.2) is 0 Å². The highest BCUT2D eigenvalue weighted by molar-refractivity contribution is 7.09. The zero-order chi connectivity index (χ0) is 18.6. The fourth-order valence-electron chi connectivity index (χ4n) is 2.37. The smallest absolute Gasteiger partial charge is 0.350 e. The lowest BCUT2D eigenvalue weighted by atomic mass is 10.2. The van der Waals surface area contributed by atoms with E-state index in [0.29, 0.717) is 11.4 Å². The predicted molar refractivity (Wildman–Crippen MR) is 89.6 cm³/mol. The summed E-state index contributed by atoms with van der Waals surface area (Å²) in [6, 6.07) is 1.02. The number of hydrogen-bond donors (Lipinski definition) is 1. The van der Waals surface area contributed by atoms with E-state index < -0.39 is 11.9 Å². The molecule has 138 valence electrons. The van der Waals surface area contributed by atoms with Crippen LogP contribution in [0.5, 0.6) is 0 Å². The van der Waals surface area contributed by atoms with Gasteiger partial charge < -0.3 is 5.32 Å². The lowest BCUT2D eigenvalue weighted by Gasteiger charge is -2.15. The lowest BCUT2D eigenvalue weighted by molar-refractivity contribution is -0.144. The molecule has 2 aromatic heterocycles. The Hall–Kier alpha value is -1.90. The second-order valence-electron chi connectivity index (χ2n) is 6.04. The first-order chi connectivity index (χ1) is 11.7. The Kier molecular flexibility index (Phi) is 6.21. The van der Waals surface area contributed by atoms with Crippen LogP contribution in [0.4, 0.5) is 13.2 Å². The average Bonchev–Trinajstić information content (AvgIpc) is 3.11. The zero-order valence-corrected chi connectivity index (χ0v) is 15.2. The van der Waals surface area contributed by atoms with E-state index in [2.05, 4.69) is 15.4 Å². The largest absolute Gasteiger partial charge is 0.433 e. The second-order valence-corrected chi connectivity index (χ2v) is 6.99. The number of aromatic nitrogens is 3. The van der Waals surface area contributed by atoms with E-state index >= 15 is 0 Å². The van der Waals surface area contributed by atoms with E-state index in [0.717, 1.165) is 28.6 Å². The van der Waals surface area contributed by atoms with Crippen LogP contribution < -0.4 is 5.32 Å². The third kappa shape index (κ3) is 5.29. The second kappa shape index (κ2) is 7.99. The molecular formula is C16H21F3N4OS. The number of nitrogens with zero attached hydrogens (tertiary/aromatic N) is 3. The van der Waals surface area contributed by atoms with E-state index in [1.165, 1.54) is 18.3 Å². The van der Waals surface area contributed by atoms with Gasteiger partial charge in [0.2, 0.25) is 0 Å². The minimum atomic E-state index is -4.44. The summed E-state index contributed by atoms with van der Waals surface area (Å²) in [4.78, 5) is 16.3. The minimum Gasteiger partial charge on any atom is -0.350 e. The fourth-order valence-corrected chi connectivity index (χ4v) is 3.25. The summed E-state index contributed by atoms with van der Waals surface area (Å²) in [6.45, 7) is 5.64. The molecule has 0 aromatic carbocycles. The first-order valence-corrected chi connectivity index (χ1v) is 8.93. The summed E-state index contributed by atoms with van der Waals surface area (Å²) < 4.78 is 39.9. The molecule has 0 aliphatic carbocycles. The maximum absolute atomic E-state index is 13.0. The van der Waals surface area contributed by atoms with Crippen LogP contribution in [0, 0.1) is 12.8 Å². The number of carbonyl (C=O) groups excluding carboxylic acids is 1. The van der Waals surface area contributed by atoms with Crippen molar-refractivity contribution in [1.29, 1.82) is 0 Å². The molecule has 1 amide bonds. The minimum absolute atomic E-state index is 0.0705. The molecule has 0 saturated heterocycles. The summed E-state index contributed by atoms with van der Waals surface area (Å²) in [5.74, 6) is -0.517. The van der Waals surface area contributed by atoms with Crippen molar-refractivity contribution in [2.75, 3.05) is 6.54 Å². The first-order valence-electron chi connectivity index (χ1n) is 8.05. The van der Waals surface area contributed by atoms with Crippen molar-refractivity contribution in [3.63, 3.8) is 0 Å². The molecule has 0 aliphatic heterocycles. The van der Waals surface area contributed by atoms with Gasteiger partial charge in [-0.3, -0.25) is 9.48 Å². The number of aryl methyl sites for hydroxylation is 2. The number of halogens is 3. The number of thiazole rings is 1. The maximum atomic E-state index is 13.0. The Labute approximate surface area is 148 Å². The highest BCUT2D eigenvalue weighted by atomic mass is 32.1. The van der Waals surface area contributed by atoms with Gasteiger partial charge in [0.25, 0.3) is 5.91 Å². The molecule has 1 atom stereocenters. The van der Waals surface area contributed by atoms with Gasteiger partial charge in [-0.1, -0.05) is 13.8 Å². The molecule has 1 N–H and O–H groups in total. The standard InChI is InChI=1S/C16H21F3N4OS/c1-4-5-14-21-12(9-25-14)15(24)20-7-10(2)8-23-13(16(17,18)19)6-11(3)22-23/h6,9-10H,4-5,7-8H2,1-3H3,(H,20,24). The third-order valence-electron chi connectivity index (χ3n) is 3.54. The fraction of sp³-hybridized carbons (Fsp3) is 0.562. The molecular weight excluding hydrogens is 353 g/mol. The monoisotopic (exact) mass is 374 g/mol. The topological polar surface area (TPSA) is 59.8 Å². The Bertz CT molecular complexity index is 723. The highest BCUT2D eigenvalue weighted by Gasteiger charge is 2.35. The number of rotatable bonds is 7. The molecule has 1 unspecified atom stereocenters. The van der Waals surface area contributed by atoms with Gasteiger partial charge >= 0.3 is 6.18 Å². The van der Waals surface area contributed by atoms with E-state index in [1.807, 2.05) is 6.92 Å². The molecule has 25 heavy (non-hydrogen) atoms. The van der Waals surface area contributed by atoms with Gasteiger partial charge in [0.05, 0.1) is 10.7 Å². The maximum Gasteiger partial charge on any atom is 0.433 e. The van der Waals surface area contributed by atoms with E-state index in [4.69, 9.17) is 0 Å². The van der Waals surface area contributed by atoms with Crippen molar-refractivity contribution in [3.05, 3.63) is 33.5 Å². The summed E-state index contributed by atoms with van der Waals surface area (Å²) in [7, 11) is 0. The van der Waals surface area contributed by atoms with Crippen LogP contribution in [0.1, 0.15) is 47.2 Å². The Morgan fingerprint density at radius 2 is 2.16 bits per heavy atom. The number of amides is 1. The Balaban J connectivity index is 1.92. The summed E-state index contributed by atoms with van der Waals surface area (Å²) >= 11 is 1.44. The molecule has 0 aliphatic rings. The predicted octanol–water partition coefficient (Wildman–Crippen LogP) is 3.69. The molecule has 2 aromatic rings. The first kappa shape index (κ1) is 19.4. The van der Waals surface area contributed by atoms with Gasteiger partial charge in [-0.2, -0.15) is 18.3 Å². The number of alkyl halides is 3. The zero-order valence-electron chi connectivity index (χ0n) is 14.4. The normalized spacial score (nSPS) is 13.0. The van der Waals surface area contributed by atoms with Gasteiger partial charge in [-0.25, -0.2) is 4.98 Å². The van der Waals surface area contributed by atoms with Gasteiger partial charge in [-0.15, -0.1) is 11.3 Å². The highest BCUT2D eigenvalue weighted by Crippen LogP contribution is 2.30. The van der Waals surface area contributed by atoms with Crippen molar-refractivity contribution in [3.8, 4) is 0 Å². The van der Waals surface area contributed by atoms with Crippen molar-refractivity contribution < 1.29 is 18.0 Å². The molecule has 2 rings (SSSR count). The van der Waals surface area contributed by atoms with E-state index in [-0.39, 0.29) is 24.9 Å². The number of nitrogens with one attached hydrogen (secondary N) is 1. The third-order valence-corrected chi connectivity index (χ3v) is 4.45. The summed E-state index contributed by atoms with van der Waals surface area (Å²) in [5, 5.41) is 9.22. The van der Waals surface area contributed by atoms with Crippen LogP contribution in [0.2, 0.25) is 0 Å². The molecule has 0 fully saturated rings. The number of carbonyl (C=O) groups is 1. The van der Waals surface area contributed by atoms with Crippen LogP contribution in [-0.4, -0.2) is 27.2 Å². The molecule has 0 bridgehead atoms. The SMILES string of the molecule is CCCc1nc(C(=O)NCC(C)Cn2nc(C)cc2C(F)(F)F)cs1. The number of hydrogen-bond acceptors (Lipinski definition) is 4. The Morgan fingerprint density at radius 1 is 1.44 bits per heavy atom. The molecule has 9 heteroatoms. The van der Waals surface area contributed by atoms with E-state index in [9.17, 15) is 18.0 Å². The van der Waals surface area contributed by atoms with Crippen molar-refractivity contribution in [1.82, 2.24) is 20.1 Å². The van der Waals surface area contributed by atoms with Crippen molar-refractivity contribution in [2.24, 2.45) is 5.92 Å². The average molecular weight is 374 g/mol. The van der Waals surface area contributed by atoms with Crippen molar-refractivity contribution in [2.45, 2.75) is 46.3 Å². The van der Waals surface area contributed by atoms with Gasteiger partial charge in [0, 0.05) is 18.5 Å². The van der Waals surface area contributed by atoms with Crippen LogP contribution in [0.25, 0.3) is 0 Å². The summed E-state index contributed by atoms with van der Waals surface area (Å²) in [6.07, 6.45) is -2.66. The van der Waals surface area contributed by atoms with Crippen LogP contribution in [0.15, 0.2) is 11.4 Å². The van der Waals surface area contributed by atoms with Gasteiger partial charge in [-0.05, 0) is 31.7 Å².